The second kappa shape index (κ2) is 13.8. The Bertz CT molecular complexity index is 879. The van der Waals surface area contributed by atoms with Crippen molar-refractivity contribution >= 4 is 11.8 Å². The van der Waals surface area contributed by atoms with Crippen LogP contribution in [0.25, 0.3) is 0 Å². The summed E-state index contributed by atoms with van der Waals surface area (Å²) in [7, 11) is 0. The third-order valence-electron chi connectivity index (χ3n) is 4.82. The van der Waals surface area contributed by atoms with Crippen LogP contribution in [0, 0.1) is 5.92 Å². The first-order chi connectivity index (χ1) is 14.9. The van der Waals surface area contributed by atoms with E-state index >= 15 is 0 Å². The number of nitrogens with one attached hydrogen (secondary N) is 1. The lowest BCUT2D eigenvalue weighted by atomic mass is 9.94. The normalized spacial score (nSPS) is 20.9. The van der Waals surface area contributed by atoms with E-state index in [1.165, 1.54) is 6.08 Å². The van der Waals surface area contributed by atoms with Crippen molar-refractivity contribution in [3.8, 4) is 0 Å². The number of allylic oxidation sites excluding steroid dienone is 12. The van der Waals surface area contributed by atoms with Gasteiger partial charge >= 0.3 is 0 Å². The van der Waals surface area contributed by atoms with Crippen LogP contribution in [0.1, 0.15) is 27.7 Å². The van der Waals surface area contributed by atoms with Crippen LogP contribution < -0.4 is 5.32 Å². The van der Waals surface area contributed by atoms with Crippen molar-refractivity contribution in [3.63, 3.8) is 0 Å². The molecule has 1 saturated heterocycles. The van der Waals surface area contributed by atoms with Gasteiger partial charge in [0.15, 0.2) is 0 Å². The van der Waals surface area contributed by atoms with E-state index in [4.69, 9.17) is 0 Å². The molecule has 1 heterocycles. The highest BCUT2D eigenvalue weighted by Gasteiger charge is 2.43. The predicted octanol–water partition coefficient (Wildman–Crippen LogP) is 5.34. The molecule has 0 unspecified atom stereocenters. The van der Waals surface area contributed by atoms with E-state index in [0.717, 1.165) is 11.3 Å². The highest BCUT2D eigenvalue weighted by atomic mass is 16.2. The fourth-order valence-electron chi connectivity index (χ4n) is 3.14. The first-order valence-electron chi connectivity index (χ1n) is 10.5. The molecule has 4 heteroatoms. The third kappa shape index (κ3) is 7.41. The molecular weight excluding hydrogens is 384 g/mol. The van der Waals surface area contributed by atoms with Crippen molar-refractivity contribution in [1.82, 2.24) is 10.2 Å². The fraction of sp³-hybridized carbons (Fsp3) is 0.259. The van der Waals surface area contributed by atoms with Gasteiger partial charge in [0.2, 0.25) is 5.91 Å². The Kier molecular flexibility index (Phi) is 11.4. The molecule has 0 aromatic rings. The maximum absolute atomic E-state index is 13.3. The second-order valence-corrected chi connectivity index (χ2v) is 6.92. The first kappa shape index (κ1) is 25.6. The maximum atomic E-state index is 13.3. The molecule has 4 nitrogen and oxygen atoms in total. The lowest BCUT2D eigenvalue weighted by molar-refractivity contribution is -0.130. The number of carbonyl (C=O) groups is 2. The lowest BCUT2D eigenvalue weighted by Gasteiger charge is -2.19. The van der Waals surface area contributed by atoms with Crippen molar-refractivity contribution in [3.05, 3.63) is 109 Å². The lowest BCUT2D eigenvalue weighted by Crippen LogP contribution is -2.44. The molecule has 1 rings (SSSR count). The maximum Gasteiger partial charge on any atom is 0.251 e. The quantitative estimate of drug-likeness (QED) is 0.384. The topological polar surface area (TPSA) is 49.4 Å². The fourth-order valence-corrected chi connectivity index (χ4v) is 3.14. The van der Waals surface area contributed by atoms with Gasteiger partial charge in [0.05, 0.1) is 0 Å². The van der Waals surface area contributed by atoms with E-state index in [2.05, 4.69) is 18.5 Å². The number of nitrogens with zero attached hydrogens (tertiary/aromatic N) is 1. The molecule has 0 bridgehead atoms. The second-order valence-electron chi connectivity index (χ2n) is 6.92. The molecule has 1 aliphatic rings. The number of likely N-dealkylation sites (tertiary alicyclic amines) is 1. The summed E-state index contributed by atoms with van der Waals surface area (Å²) in [6.45, 7) is 15.9. The Morgan fingerprint density at radius 1 is 1.00 bits per heavy atom. The summed E-state index contributed by atoms with van der Waals surface area (Å²) in [5.74, 6) is -0.752. The monoisotopic (exact) mass is 418 g/mol. The third-order valence-corrected chi connectivity index (χ3v) is 4.82. The Hall–Kier alpha value is -3.40. The molecule has 0 saturated carbocycles. The number of carbonyl (C=O) groups excluding carboxylic acids is 2. The van der Waals surface area contributed by atoms with Gasteiger partial charge in [-0.05, 0) is 45.4 Å². The molecule has 0 spiro atoms. The summed E-state index contributed by atoms with van der Waals surface area (Å²) < 4.78 is 0. The van der Waals surface area contributed by atoms with Gasteiger partial charge in [0.25, 0.3) is 5.91 Å². The van der Waals surface area contributed by atoms with Crippen LogP contribution in [0.15, 0.2) is 109 Å². The van der Waals surface area contributed by atoms with Gasteiger partial charge in [-0.3, -0.25) is 9.59 Å². The van der Waals surface area contributed by atoms with Crippen LogP contribution in [-0.4, -0.2) is 29.3 Å². The Morgan fingerprint density at radius 3 is 2.16 bits per heavy atom. The van der Waals surface area contributed by atoms with Gasteiger partial charge in [-0.2, -0.15) is 0 Å². The van der Waals surface area contributed by atoms with Gasteiger partial charge in [0.1, 0.15) is 6.04 Å². The van der Waals surface area contributed by atoms with Crippen LogP contribution >= 0.6 is 0 Å². The van der Waals surface area contributed by atoms with E-state index < -0.39 is 6.04 Å². The molecule has 1 aliphatic heterocycles. The SMILES string of the molecule is C=C/C(=C\C=C/C)C(=O)N[C@@H]1C(=O)N(C(/C=C\C=C/C)=C/C)C[C@H]1C(=C)/C=C\C=C/C. The minimum atomic E-state index is -0.714. The van der Waals surface area contributed by atoms with Crippen LogP contribution in [0.3, 0.4) is 0 Å². The van der Waals surface area contributed by atoms with Gasteiger partial charge in [0, 0.05) is 23.7 Å². The van der Waals surface area contributed by atoms with E-state index in [1.54, 1.807) is 17.1 Å². The van der Waals surface area contributed by atoms with Crippen LogP contribution in [-0.2, 0) is 9.59 Å². The summed E-state index contributed by atoms with van der Waals surface area (Å²) in [5.41, 5.74) is 1.96. The minimum absolute atomic E-state index is 0.161. The molecular formula is C27H34N2O2. The van der Waals surface area contributed by atoms with Crippen molar-refractivity contribution in [2.45, 2.75) is 33.7 Å². The summed E-state index contributed by atoms with van der Waals surface area (Å²) >= 11 is 0. The van der Waals surface area contributed by atoms with Gasteiger partial charge in [-0.25, -0.2) is 0 Å². The molecule has 1 fully saturated rings. The molecule has 164 valence electrons. The van der Waals surface area contributed by atoms with Crippen molar-refractivity contribution in [2.24, 2.45) is 5.92 Å². The van der Waals surface area contributed by atoms with Crippen LogP contribution in [0.4, 0.5) is 0 Å². The smallest absolute Gasteiger partial charge is 0.251 e. The molecule has 31 heavy (non-hydrogen) atoms. The number of hydrogen-bond acceptors (Lipinski definition) is 2. The molecule has 0 aliphatic carbocycles. The number of hydrogen-bond donors (Lipinski definition) is 1. The molecule has 0 radical (unpaired) electrons. The van der Waals surface area contributed by atoms with E-state index in [9.17, 15) is 9.59 Å². The van der Waals surface area contributed by atoms with Crippen LogP contribution in [0.5, 0.6) is 0 Å². The first-order valence-corrected chi connectivity index (χ1v) is 10.5. The molecule has 1 N–H and O–H groups in total. The van der Waals surface area contributed by atoms with E-state index in [-0.39, 0.29) is 17.7 Å². The van der Waals surface area contributed by atoms with Gasteiger partial charge < -0.3 is 10.2 Å². The average Bonchev–Trinajstić information content (AvgIpc) is 3.08. The van der Waals surface area contributed by atoms with Crippen molar-refractivity contribution in [1.29, 1.82) is 0 Å². The van der Waals surface area contributed by atoms with Crippen molar-refractivity contribution in [2.75, 3.05) is 6.54 Å². The zero-order valence-corrected chi connectivity index (χ0v) is 19.0. The number of rotatable bonds is 10. The highest BCUT2D eigenvalue weighted by Crippen LogP contribution is 2.29. The number of amides is 2. The van der Waals surface area contributed by atoms with E-state index in [1.807, 2.05) is 88.5 Å². The predicted molar refractivity (Wildman–Crippen MR) is 131 cm³/mol. The van der Waals surface area contributed by atoms with Gasteiger partial charge in [-0.15, -0.1) is 0 Å². The minimum Gasteiger partial charge on any atom is -0.340 e. The Morgan fingerprint density at radius 2 is 1.61 bits per heavy atom. The van der Waals surface area contributed by atoms with Gasteiger partial charge in [-0.1, -0.05) is 80.0 Å². The van der Waals surface area contributed by atoms with Crippen LogP contribution in [0.2, 0.25) is 0 Å². The standard InChI is InChI=1S/C27H34N2O2/c1-7-12-15-17-21(6)24-20-29(23(11-5)19-16-13-8-2)27(31)25(24)28-26(30)22(10-4)18-14-9-3/h7-19,24-25H,4,6,20H2,1-3,5H3,(H,28,30)/b12-7-,13-8-,14-9-,17-15-,19-16-,22-18+,23-11+/t24-,25-/m0/s1. The molecule has 0 aromatic carbocycles. The Balaban J connectivity index is 3.27. The summed E-state index contributed by atoms with van der Waals surface area (Å²) in [6.07, 6.45) is 23.8. The molecule has 2 atom stereocenters. The average molecular weight is 419 g/mol. The highest BCUT2D eigenvalue weighted by molar-refractivity contribution is 6.00. The summed E-state index contributed by atoms with van der Waals surface area (Å²) in [4.78, 5) is 27.8. The largest absolute Gasteiger partial charge is 0.340 e. The molecule has 0 aromatic heterocycles. The zero-order valence-electron chi connectivity index (χ0n) is 19.0. The zero-order chi connectivity index (χ0) is 23.2. The molecule has 2 amide bonds. The van der Waals surface area contributed by atoms with Crippen molar-refractivity contribution < 1.29 is 9.59 Å². The van der Waals surface area contributed by atoms with E-state index in [0.29, 0.717) is 12.1 Å². The summed E-state index contributed by atoms with van der Waals surface area (Å²) in [6, 6.07) is -0.714. The Labute approximate surface area is 187 Å². The summed E-state index contributed by atoms with van der Waals surface area (Å²) in [5, 5.41) is 2.90.